The molecule has 4 nitrogen and oxygen atoms in total. The van der Waals surface area contributed by atoms with Crippen LogP contribution in [0.2, 0.25) is 0 Å². The van der Waals surface area contributed by atoms with Gasteiger partial charge in [0.1, 0.15) is 6.04 Å². The molecule has 1 atom stereocenters. The summed E-state index contributed by atoms with van der Waals surface area (Å²) in [7, 11) is 1.46. The number of nitrogen functional groups attached to an aromatic ring is 1. The number of esters is 1. The third kappa shape index (κ3) is 3.60. The van der Waals surface area contributed by atoms with E-state index in [0.717, 1.165) is 37.2 Å². The molecular weight excluding hydrogens is 300 g/mol. The quantitative estimate of drug-likeness (QED) is 0.692. The second-order valence-corrected chi connectivity index (χ2v) is 6.31. The fraction of sp³-hybridized carbons (Fsp3) is 0.350. The average molecular weight is 324 g/mol. The molecule has 0 saturated carbocycles. The summed E-state index contributed by atoms with van der Waals surface area (Å²) in [5.41, 5.74) is 8.90. The standard InChI is InChI=1S/C20H24N2O2/c1-24-20(23)19(17-5-3-2-4-6-17)22-13-11-16(12-14-22)15-7-9-18(21)10-8-15/h2-10,16,19H,11-14,21H2,1H3. The summed E-state index contributed by atoms with van der Waals surface area (Å²) in [5, 5.41) is 0. The Kier molecular flexibility index (Phi) is 5.16. The lowest BCUT2D eigenvalue weighted by atomic mass is 9.88. The Bertz CT molecular complexity index is 662. The molecule has 1 fully saturated rings. The number of rotatable bonds is 4. The highest BCUT2D eigenvalue weighted by atomic mass is 16.5. The summed E-state index contributed by atoms with van der Waals surface area (Å²) in [4.78, 5) is 14.6. The lowest BCUT2D eigenvalue weighted by molar-refractivity contribution is -0.147. The highest BCUT2D eigenvalue weighted by Gasteiger charge is 2.32. The summed E-state index contributed by atoms with van der Waals surface area (Å²) in [6.45, 7) is 1.76. The minimum Gasteiger partial charge on any atom is -0.468 e. The van der Waals surface area contributed by atoms with Gasteiger partial charge in [-0.15, -0.1) is 0 Å². The highest BCUT2D eigenvalue weighted by molar-refractivity contribution is 5.77. The number of hydrogen-bond donors (Lipinski definition) is 1. The molecule has 2 aromatic rings. The van der Waals surface area contributed by atoms with Crippen molar-refractivity contribution in [1.82, 2.24) is 4.90 Å². The minimum absolute atomic E-state index is 0.188. The van der Waals surface area contributed by atoms with Gasteiger partial charge in [-0.05, 0) is 55.1 Å². The van der Waals surface area contributed by atoms with Crippen LogP contribution in [0.5, 0.6) is 0 Å². The molecule has 126 valence electrons. The van der Waals surface area contributed by atoms with Crippen molar-refractivity contribution in [2.45, 2.75) is 24.8 Å². The van der Waals surface area contributed by atoms with Crippen molar-refractivity contribution in [3.8, 4) is 0 Å². The Morgan fingerprint density at radius 2 is 1.71 bits per heavy atom. The maximum Gasteiger partial charge on any atom is 0.327 e. The van der Waals surface area contributed by atoms with Crippen molar-refractivity contribution in [1.29, 1.82) is 0 Å². The second-order valence-electron chi connectivity index (χ2n) is 6.31. The fourth-order valence-electron chi connectivity index (χ4n) is 3.50. The molecule has 0 amide bonds. The van der Waals surface area contributed by atoms with Crippen LogP contribution in [0, 0.1) is 0 Å². The smallest absolute Gasteiger partial charge is 0.327 e. The van der Waals surface area contributed by atoms with E-state index >= 15 is 0 Å². The number of carbonyl (C=O) groups excluding carboxylic acids is 1. The van der Waals surface area contributed by atoms with Crippen LogP contribution in [0.15, 0.2) is 54.6 Å². The molecule has 0 aromatic heterocycles. The van der Waals surface area contributed by atoms with Crippen LogP contribution in [-0.2, 0) is 9.53 Å². The van der Waals surface area contributed by atoms with E-state index in [1.807, 2.05) is 42.5 Å². The van der Waals surface area contributed by atoms with E-state index in [9.17, 15) is 4.79 Å². The van der Waals surface area contributed by atoms with Gasteiger partial charge in [-0.3, -0.25) is 4.90 Å². The van der Waals surface area contributed by atoms with E-state index < -0.39 is 0 Å². The first kappa shape index (κ1) is 16.5. The summed E-state index contributed by atoms with van der Waals surface area (Å²) in [6.07, 6.45) is 2.06. The predicted molar refractivity (Wildman–Crippen MR) is 95.6 cm³/mol. The lowest BCUT2D eigenvalue weighted by Crippen LogP contribution is -2.40. The van der Waals surface area contributed by atoms with Gasteiger partial charge in [-0.25, -0.2) is 4.79 Å². The monoisotopic (exact) mass is 324 g/mol. The van der Waals surface area contributed by atoms with E-state index in [4.69, 9.17) is 10.5 Å². The van der Waals surface area contributed by atoms with Crippen molar-refractivity contribution < 1.29 is 9.53 Å². The molecule has 1 saturated heterocycles. The largest absolute Gasteiger partial charge is 0.468 e. The third-order valence-corrected chi connectivity index (χ3v) is 4.84. The highest BCUT2D eigenvalue weighted by Crippen LogP contribution is 2.33. The maximum absolute atomic E-state index is 12.3. The number of nitrogens with zero attached hydrogens (tertiary/aromatic N) is 1. The summed E-state index contributed by atoms with van der Waals surface area (Å²) >= 11 is 0. The maximum atomic E-state index is 12.3. The number of hydrogen-bond acceptors (Lipinski definition) is 4. The topological polar surface area (TPSA) is 55.6 Å². The number of benzene rings is 2. The predicted octanol–water partition coefficient (Wildman–Crippen LogP) is 3.36. The van der Waals surface area contributed by atoms with Crippen molar-refractivity contribution in [2.24, 2.45) is 0 Å². The van der Waals surface area contributed by atoms with Crippen molar-refractivity contribution in [2.75, 3.05) is 25.9 Å². The zero-order valence-electron chi connectivity index (χ0n) is 14.0. The van der Waals surface area contributed by atoms with Crippen LogP contribution in [0.1, 0.15) is 35.9 Å². The summed E-state index contributed by atoms with van der Waals surface area (Å²) in [6, 6.07) is 17.7. The minimum atomic E-state index is -0.316. The number of nitrogens with two attached hydrogens (primary N) is 1. The van der Waals surface area contributed by atoms with Gasteiger partial charge in [0.25, 0.3) is 0 Å². The van der Waals surface area contributed by atoms with E-state index in [1.165, 1.54) is 12.7 Å². The molecule has 0 aliphatic carbocycles. The molecule has 0 radical (unpaired) electrons. The molecular formula is C20H24N2O2. The molecule has 1 aliphatic rings. The Labute approximate surface area is 143 Å². The van der Waals surface area contributed by atoms with Crippen molar-refractivity contribution >= 4 is 11.7 Å². The van der Waals surface area contributed by atoms with Crippen molar-refractivity contribution in [3.63, 3.8) is 0 Å². The number of carbonyl (C=O) groups is 1. The number of likely N-dealkylation sites (tertiary alicyclic amines) is 1. The number of anilines is 1. The number of piperidine rings is 1. The SMILES string of the molecule is COC(=O)C(c1ccccc1)N1CCC(c2ccc(N)cc2)CC1. The van der Waals surface area contributed by atoms with Gasteiger partial charge in [-0.1, -0.05) is 42.5 Å². The first-order valence-corrected chi connectivity index (χ1v) is 8.41. The molecule has 24 heavy (non-hydrogen) atoms. The van der Waals surface area contributed by atoms with Gasteiger partial charge in [0.2, 0.25) is 0 Å². The van der Waals surface area contributed by atoms with Crippen molar-refractivity contribution in [3.05, 3.63) is 65.7 Å². The van der Waals surface area contributed by atoms with Crippen LogP contribution in [0.25, 0.3) is 0 Å². The van der Waals surface area contributed by atoms with Gasteiger partial charge >= 0.3 is 5.97 Å². The van der Waals surface area contributed by atoms with Gasteiger partial charge in [0.15, 0.2) is 0 Å². The molecule has 1 heterocycles. The first-order valence-electron chi connectivity index (χ1n) is 8.41. The Hall–Kier alpha value is -2.33. The van der Waals surface area contributed by atoms with Crippen LogP contribution < -0.4 is 5.73 Å². The van der Waals surface area contributed by atoms with E-state index in [0.29, 0.717) is 5.92 Å². The molecule has 0 bridgehead atoms. The molecule has 1 unspecified atom stereocenters. The molecule has 3 rings (SSSR count). The second kappa shape index (κ2) is 7.49. The molecule has 2 N–H and O–H groups in total. The Morgan fingerprint density at radius 3 is 2.29 bits per heavy atom. The average Bonchev–Trinajstić information content (AvgIpc) is 2.64. The molecule has 1 aliphatic heterocycles. The zero-order chi connectivity index (χ0) is 16.9. The summed E-state index contributed by atoms with van der Waals surface area (Å²) in [5.74, 6) is 0.336. The van der Waals surface area contributed by atoms with E-state index in [1.54, 1.807) is 0 Å². The van der Waals surface area contributed by atoms with Gasteiger partial charge in [0, 0.05) is 5.69 Å². The van der Waals surface area contributed by atoms with Gasteiger partial charge in [-0.2, -0.15) is 0 Å². The van der Waals surface area contributed by atoms with Crippen LogP contribution in [0.4, 0.5) is 5.69 Å². The van der Waals surface area contributed by atoms with Gasteiger partial charge in [0.05, 0.1) is 7.11 Å². The Morgan fingerprint density at radius 1 is 1.08 bits per heavy atom. The molecule has 2 aromatic carbocycles. The van der Waals surface area contributed by atoms with Crippen LogP contribution in [-0.4, -0.2) is 31.1 Å². The van der Waals surface area contributed by atoms with Crippen LogP contribution >= 0.6 is 0 Å². The van der Waals surface area contributed by atoms with Crippen LogP contribution in [0.3, 0.4) is 0 Å². The first-order chi connectivity index (χ1) is 11.7. The Balaban J connectivity index is 1.71. The lowest BCUT2D eigenvalue weighted by Gasteiger charge is -2.36. The normalized spacial score (nSPS) is 17.4. The molecule has 4 heteroatoms. The number of methoxy groups -OCH3 is 1. The summed E-state index contributed by atoms with van der Waals surface area (Å²) < 4.78 is 5.05. The fourth-order valence-corrected chi connectivity index (χ4v) is 3.50. The molecule has 0 spiro atoms. The zero-order valence-corrected chi connectivity index (χ0v) is 14.0. The van der Waals surface area contributed by atoms with E-state index in [2.05, 4.69) is 17.0 Å². The van der Waals surface area contributed by atoms with Gasteiger partial charge < -0.3 is 10.5 Å². The number of ether oxygens (including phenoxy) is 1. The van der Waals surface area contributed by atoms with E-state index in [-0.39, 0.29) is 12.0 Å². The third-order valence-electron chi connectivity index (χ3n) is 4.84.